The predicted octanol–water partition coefficient (Wildman–Crippen LogP) is 5.84. The molecule has 1 fully saturated rings. The molecule has 0 amide bonds. The second kappa shape index (κ2) is 9.74. The molecule has 0 unspecified atom stereocenters. The highest BCUT2D eigenvalue weighted by atomic mass is 35.5. The number of benzene rings is 1. The van der Waals surface area contributed by atoms with Crippen LogP contribution in [0.3, 0.4) is 0 Å². The largest absolute Gasteiger partial charge is 0.383 e. The summed E-state index contributed by atoms with van der Waals surface area (Å²) in [7, 11) is 0. The van der Waals surface area contributed by atoms with Crippen molar-refractivity contribution in [1.82, 2.24) is 10.1 Å². The second-order valence-electron chi connectivity index (χ2n) is 7.65. The van der Waals surface area contributed by atoms with Gasteiger partial charge in [0.05, 0.1) is 11.3 Å². The highest BCUT2D eigenvalue weighted by Gasteiger charge is 2.13. The van der Waals surface area contributed by atoms with E-state index in [0.717, 1.165) is 23.6 Å². The third kappa shape index (κ3) is 5.14. The van der Waals surface area contributed by atoms with Gasteiger partial charge in [0.15, 0.2) is 5.76 Å². The van der Waals surface area contributed by atoms with E-state index in [-0.39, 0.29) is 12.4 Å². The van der Waals surface area contributed by atoms with E-state index in [4.69, 9.17) is 10.3 Å². The van der Waals surface area contributed by atoms with Crippen molar-refractivity contribution in [3.05, 3.63) is 65.5 Å². The number of halogens is 1. The lowest BCUT2D eigenvalue weighted by Crippen LogP contribution is -2.07. The summed E-state index contributed by atoms with van der Waals surface area (Å²) < 4.78 is 5.46. The van der Waals surface area contributed by atoms with Crippen LogP contribution < -0.4 is 5.73 Å². The Bertz CT molecular complexity index is 870. The number of nitrogen functional groups attached to an aromatic ring is 1. The van der Waals surface area contributed by atoms with Crippen molar-refractivity contribution >= 4 is 18.2 Å². The summed E-state index contributed by atoms with van der Waals surface area (Å²) in [4.78, 5) is 4.10. The number of aromatic nitrogens is 2. The average molecular weight is 398 g/mol. The molecule has 3 aromatic rings. The lowest BCUT2D eigenvalue weighted by atomic mass is 9.85. The van der Waals surface area contributed by atoms with Gasteiger partial charge in [-0.05, 0) is 42.0 Å². The van der Waals surface area contributed by atoms with Gasteiger partial charge >= 0.3 is 0 Å². The van der Waals surface area contributed by atoms with Crippen LogP contribution in [0.5, 0.6) is 0 Å². The molecule has 5 heteroatoms. The van der Waals surface area contributed by atoms with Gasteiger partial charge < -0.3 is 10.3 Å². The molecule has 1 saturated carbocycles. The molecule has 28 heavy (non-hydrogen) atoms. The summed E-state index contributed by atoms with van der Waals surface area (Å²) >= 11 is 0. The van der Waals surface area contributed by atoms with Crippen molar-refractivity contribution in [2.45, 2.75) is 51.4 Å². The van der Waals surface area contributed by atoms with Crippen LogP contribution in [-0.4, -0.2) is 10.1 Å². The maximum atomic E-state index is 5.91. The van der Waals surface area contributed by atoms with Crippen LogP contribution in [0.15, 0.2) is 53.2 Å². The van der Waals surface area contributed by atoms with Crippen molar-refractivity contribution in [1.29, 1.82) is 0 Å². The summed E-state index contributed by atoms with van der Waals surface area (Å²) in [5.74, 6) is 2.06. The number of hydrogen-bond donors (Lipinski definition) is 1. The van der Waals surface area contributed by atoms with Crippen LogP contribution in [0.2, 0.25) is 0 Å². The number of hydrogen-bond acceptors (Lipinski definition) is 4. The Morgan fingerprint density at radius 1 is 1.00 bits per heavy atom. The first kappa shape index (κ1) is 20.4. The Hall–Kier alpha value is -2.33. The van der Waals surface area contributed by atoms with E-state index in [1.54, 1.807) is 6.20 Å². The maximum absolute atomic E-state index is 5.91. The molecule has 0 atom stereocenters. The van der Waals surface area contributed by atoms with Gasteiger partial charge in [-0.3, -0.25) is 0 Å². The molecule has 4 nitrogen and oxygen atoms in total. The van der Waals surface area contributed by atoms with Crippen LogP contribution in [0.4, 0.5) is 5.82 Å². The fourth-order valence-electron chi connectivity index (χ4n) is 4.03. The Kier molecular flexibility index (Phi) is 7.10. The van der Waals surface area contributed by atoms with E-state index in [1.165, 1.54) is 56.1 Å². The molecular formula is C23H28ClN3O. The highest BCUT2D eigenvalue weighted by Crippen LogP contribution is 2.28. The summed E-state index contributed by atoms with van der Waals surface area (Å²) in [6.45, 7) is 0. The Labute approximate surface area is 173 Å². The minimum absolute atomic E-state index is 0. The summed E-state index contributed by atoms with van der Waals surface area (Å²) in [5, 5.41) is 4.19. The van der Waals surface area contributed by atoms with Crippen molar-refractivity contribution in [3.8, 4) is 11.3 Å². The molecule has 0 spiro atoms. The lowest BCUT2D eigenvalue weighted by molar-refractivity contribution is 0.339. The lowest BCUT2D eigenvalue weighted by Gasteiger charge is -2.21. The van der Waals surface area contributed by atoms with Gasteiger partial charge in [-0.2, -0.15) is 0 Å². The van der Waals surface area contributed by atoms with Gasteiger partial charge in [0.1, 0.15) is 5.82 Å². The normalized spacial score (nSPS) is 14.6. The van der Waals surface area contributed by atoms with E-state index in [9.17, 15) is 0 Å². The van der Waals surface area contributed by atoms with E-state index in [0.29, 0.717) is 11.6 Å². The summed E-state index contributed by atoms with van der Waals surface area (Å²) in [5.41, 5.74) is 10.3. The predicted molar refractivity (Wildman–Crippen MR) is 116 cm³/mol. The number of nitrogens with zero attached hydrogens (tertiary/aromatic N) is 2. The monoisotopic (exact) mass is 397 g/mol. The smallest absolute Gasteiger partial charge is 0.170 e. The van der Waals surface area contributed by atoms with Gasteiger partial charge in [0.25, 0.3) is 0 Å². The second-order valence-corrected chi connectivity index (χ2v) is 7.65. The van der Waals surface area contributed by atoms with E-state index < -0.39 is 0 Å². The molecule has 0 radical (unpaired) electrons. The first-order valence-corrected chi connectivity index (χ1v) is 10.0. The maximum Gasteiger partial charge on any atom is 0.170 e. The number of aryl methyl sites for hydroxylation is 1. The first-order chi connectivity index (χ1) is 13.3. The zero-order chi connectivity index (χ0) is 18.5. The van der Waals surface area contributed by atoms with Crippen LogP contribution >= 0.6 is 12.4 Å². The van der Waals surface area contributed by atoms with Gasteiger partial charge in [-0.1, -0.05) is 61.5 Å². The average Bonchev–Trinajstić information content (AvgIpc) is 3.17. The molecule has 0 saturated heterocycles. The number of nitrogens with two attached hydrogens (primary N) is 1. The van der Waals surface area contributed by atoms with E-state index in [2.05, 4.69) is 34.4 Å². The standard InChI is InChI=1S/C23H27N3O.ClH/c24-23-21(7-4-14-25-23)22-16-20(26-27-22)15-19-12-10-18(11-13-19)9-8-17-5-2-1-3-6-17;/h4,7,10-14,16-17H,1-3,5-6,8-9,15H2,(H2,24,25);1H. The van der Waals surface area contributed by atoms with Gasteiger partial charge in [0, 0.05) is 18.7 Å². The Morgan fingerprint density at radius 3 is 2.50 bits per heavy atom. The summed E-state index contributed by atoms with van der Waals surface area (Å²) in [6, 6.07) is 14.6. The molecule has 2 aromatic heterocycles. The summed E-state index contributed by atoms with van der Waals surface area (Å²) in [6.07, 6.45) is 12.1. The highest BCUT2D eigenvalue weighted by molar-refractivity contribution is 5.85. The molecule has 1 aliphatic rings. The number of anilines is 1. The molecule has 2 heterocycles. The molecule has 2 N–H and O–H groups in total. The first-order valence-electron chi connectivity index (χ1n) is 10.0. The van der Waals surface area contributed by atoms with Crippen LogP contribution in [0.25, 0.3) is 11.3 Å². The van der Waals surface area contributed by atoms with Gasteiger partial charge in [-0.25, -0.2) is 4.98 Å². The zero-order valence-corrected chi connectivity index (χ0v) is 17.0. The third-order valence-corrected chi connectivity index (χ3v) is 5.64. The Morgan fingerprint density at radius 2 is 1.75 bits per heavy atom. The van der Waals surface area contributed by atoms with Crippen molar-refractivity contribution < 1.29 is 4.52 Å². The van der Waals surface area contributed by atoms with Gasteiger partial charge in [-0.15, -0.1) is 12.4 Å². The molecule has 148 valence electrons. The van der Waals surface area contributed by atoms with Crippen molar-refractivity contribution in [2.24, 2.45) is 5.92 Å². The van der Waals surface area contributed by atoms with E-state index >= 15 is 0 Å². The minimum atomic E-state index is 0. The van der Waals surface area contributed by atoms with Gasteiger partial charge in [0.2, 0.25) is 0 Å². The molecule has 4 rings (SSSR count). The van der Waals surface area contributed by atoms with Crippen LogP contribution in [-0.2, 0) is 12.8 Å². The van der Waals surface area contributed by atoms with E-state index in [1.807, 2.05) is 18.2 Å². The zero-order valence-electron chi connectivity index (χ0n) is 16.1. The fraction of sp³-hybridized carbons (Fsp3) is 0.391. The Balaban J connectivity index is 0.00000225. The van der Waals surface area contributed by atoms with Crippen molar-refractivity contribution in [3.63, 3.8) is 0 Å². The SMILES string of the molecule is Cl.Nc1ncccc1-c1cc(Cc2ccc(CCC3CCCCC3)cc2)no1. The number of pyridine rings is 1. The molecule has 1 aromatic carbocycles. The minimum Gasteiger partial charge on any atom is -0.383 e. The fourth-order valence-corrected chi connectivity index (χ4v) is 4.03. The quantitative estimate of drug-likeness (QED) is 0.567. The molecule has 0 aliphatic heterocycles. The molecular weight excluding hydrogens is 370 g/mol. The van der Waals surface area contributed by atoms with Crippen LogP contribution in [0.1, 0.15) is 55.3 Å². The van der Waals surface area contributed by atoms with Crippen molar-refractivity contribution in [2.75, 3.05) is 5.73 Å². The molecule has 1 aliphatic carbocycles. The third-order valence-electron chi connectivity index (χ3n) is 5.64. The van der Waals surface area contributed by atoms with Crippen LogP contribution in [0, 0.1) is 5.92 Å². The topological polar surface area (TPSA) is 64.9 Å². The number of rotatable bonds is 6. The molecule has 0 bridgehead atoms.